The molecule has 10 heteroatoms. The molecule has 0 bridgehead atoms. The van der Waals surface area contributed by atoms with Gasteiger partial charge in [-0.15, -0.1) is 0 Å². The Labute approximate surface area is 126 Å². The van der Waals surface area contributed by atoms with Crippen molar-refractivity contribution in [1.82, 2.24) is 5.48 Å². The summed E-state index contributed by atoms with van der Waals surface area (Å²) in [6.45, 7) is 1.38. The second kappa shape index (κ2) is 8.02. The molecule has 0 saturated carbocycles. The van der Waals surface area contributed by atoms with E-state index < -0.39 is 25.8 Å². The number of benzene rings is 1. The second-order valence-electron chi connectivity index (χ2n) is 4.22. The third-order valence-electron chi connectivity index (χ3n) is 2.44. The zero-order valence-corrected chi connectivity index (χ0v) is 12.8. The molecule has 0 radical (unpaired) electrons. The molecular weight excluding hydrogens is 317 g/mol. The molecule has 0 unspecified atom stereocenters. The highest BCUT2D eigenvalue weighted by Gasteiger charge is 2.24. The van der Waals surface area contributed by atoms with Crippen LogP contribution in [0.25, 0.3) is 0 Å². The number of hydrogen-bond donors (Lipinski definition) is 3. The maximum atomic E-state index is 11.2. The molecule has 3 N–H and O–H groups in total. The molecule has 0 aromatic heterocycles. The maximum Gasteiger partial charge on any atom is 0.527 e. The second-order valence-corrected chi connectivity index (χ2v) is 5.38. The molecule has 0 amide bonds. The smallest absolute Gasteiger partial charge is 0.465 e. The Morgan fingerprint density at radius 3 is 2.36 bits per heavy atom. The van der Waals surface area contributed by atoms with E-state index in [2.05, 4.69) is 14.7 Å². The van der Waals surface area contributed by atoms with Crippen molar-refractivity contribution in [3.8, 4) is 0 Å². The molecule has 0 heterocycles. The normalized spacial score (nSPS) is 12.5. The average molecular weight is 333 g/mol. The fraction of sp³-hybridized carbons (Fsp3) is 0.333. The van der Waals surface area contributed by atoms with Gasteiger partial charge in [0.15, 0.2) is 0 Å². The lowest BCUT2D eigenvalue weighted by molar-refractivity contribution is -0.142. The molecule has 0 spiro atoms. The van der Waals surface area contributed by atoms with Gasteiger partial charge in [0.2, 0.25) is 0 Å². The van der Waals surface area contributed by atoms with Gasteiger partial charge in [0, 0.05) is 0 Å². The van der Waals surface area contributed by atoms with Crippen molar-refractivity contribution in [2.75, 3.05) is 7.11 Å². The van der Waals surface area contributed by atoms with Crippen molar-refractivity contribution in [3.05, 3.63) is 35.4 Å². The largest absolute Gasteiger partial charge is 0.527 e. The van der Waals surface area contributed by atoms with Gasteiger partial charge < -0.3 is 9.26 Å². The van der Waals surface area contributed by atoms with Crippen molar-refractivity contribution in [1.29, 1.82) is 0 Å². The number of nitrogens with one attached hydrogen (secondary N) is 1. The number of hydrogen-bond acceptors (Lipinski definition) is 7. The number of rotatable bonds is 7. The van der Waals surface area contributed by atoms with Crippen LogP contribution in [0.3, 0.4) is 0 Å². The summed E-state index contributed by atoms with van der Waals surface area (Å²) < 4.78 is 18.9. The molecule has 122 valence electrons. The summed E-state index contributed by atoms with van der Waals surface area (Å²) in [5, 5.41) is 0. The maximum absolute atomic E-state index is 11.2. The molecular formula is C12H16NO8P. The third kappa shape index (κ3) is 6.33. The average Bonchev–Trinajstić information content (AvgIpc) is 2.45. The predicted molar refractivity (Wildman–Crippen MR) is 73.3 cm³/mol. The van der Waals surface area contributed by atoms with Gasteiger partial charge in [0.25, 0.3) is 0 Å². The van der Waals surface area contributed by atoms with Crippen LogP contribution < -0.4 is 5.48 Å². The van der Waals surface area contributed by atoms with Gasteiger partial charge in [-0.25, -0.2) is 14.2 Å². The minimum Gasteiger partial charge on any atom is -0.465 e. The van der Waals surface area contributed by atoms with Crippen molar-refractivity contribution in [3.63, 3.8) is 0 Å². The van der Waals surface area contributed by atoms with Crippen LogP contribution in [-0.4, -0.2) is 34.9 Å². The van der Waals surface area contributed by atoms with E-state index in [9.17, 15) is 14.2 Å². The van der Waals surface area contributed by atoms with Crippen molar-refractivity contribution >= 4 is 19.8 Å². The van der Waals surface area contributed by atoms with Crippen LogP contribution >= 0.6 is 7.82 Å². The van der Waals surface area contributed by atoms with Crippen molar-refractivity contribution < 1.29 is 38.0 Å². The Kier molecular flexibility index (Phi) is 6.66. The van der Waals surface area contributed by atoms with Gasteiger partial charge in [-0.05, 0) is 24.6 Å². The van der Waals surface area contributed by atoms with Crippen LogP contribution in [0, 0.1) is 0 Å². The Bertz CT molecular complexity index is 567. The van der Waals surface area contributed by atoms with E-state index >= 15 is 0 Å². The van der Waals surface area contributed by atoms with Gasteiger partial charge in [-0.3, -0.25) is 14.6 Å². The molecule has 9 nitrogen and oxygen atoms in total. The van der Waals surface area contributed by atoms with Crippen LogP contribution in [0.5, 0.6) is 0 Å². The van der Waals surface area contributed by atoms with E-state index in [0.717, 1.165) is 0 Å². The topological polar surface area (TPSA) is 131 Å². The van der Waals surface area contributed by atoms with Crippen LogP contribution in [-0.2, 0) is 30.1 Å². The van der Waals surface area contributed by atoms with Gasteiger partial charge >= 0.3 is 19.8 Å². The molecule has 1 atom stereocenters. The highest BCUT2D eigenvalue weighted by Crippen LogP contribution is 2.36. The summed E-state index contributed by atoms with van der Waals surface area (Å²) in [5.74, 6) is -1.60. The number of phosphoric ester groups is 1. The molecule has 0 fully saturated rings. The number of hydroxylamine groups is 1. The number of methoxy groups -OCH3 is 1. The molecule has 0 aliphatic rings. The summed E-state index contributed by atoms with van der Waals surface area (Å²) >= 11 is 0. The van der Waals surface area contributed by atoms with Gasteiger partial charge in [0.05, 0.1) is 19.3 Å². The lowest BCUT2D eigenvalue weighted by Gasteiger charge is -2.13. The third-order valence-corrected chi connectivity index (χ3v) is 2.85. The van der Waals surface area contributed by atoms with Crippen LogP contribution in [0.4, 0.5) is 0 Å². The molecule has 22 heavy (non-hydrogen) atoms. The predicted octanol–water partition coefficient (Wildman–Crippen LogP) is 0.519. The van der Waals surface area contributed by atoms with E-state index in [4.69, 9.17) is 14.6 Å². The highest BCUT2D eigenvalue weighted by molar-refractivity contribution is 7.46. The quantitative estimate of drug-likeness (QED) is 0.371. The first-order chi connectivity index (χ1) is 10.2. The van der Waals surface area contributed by atoms with Gasteiger partial charge in [-0.1, -0.05) is 12.1 Å². The van der Waals surface area contributed by atoms with Crippen LogP contribution in [0.15, 0.2) is 24.3 Å². The van der Waals surface area contributed by atoms with Crippen molar-refractivity contribution in [2.24, 2.45) is 0 Å². The SMILES string of the molecule is COC(=O)c1ccc(CON[C@@H](C)C(=O)OP(=O)(O)O)cc1. The van der Waals surface area contributed by atoms with Crippen LogP contribution in [0.1, 0.15) is 22.8 Å². The molecule has 1 aromatic rings. The summed E-state index contributed by atoms with van der Waals surface area (Å²) in [6, 6.07) is 5.30. The Balaban J connectivity index is 2.42. The Hall–Kier alpha value is -1.77. The molecule has 1 rings (SSSR count). The van der Waals surface area contributed by atoms with Gasteiger partial charge in [0.1, 0.15) is 6.04 Å². The first-order valence-corrected chi connectivity index (χ1v) is 7.59. The monoisotopic (exact) mass is 333 g/mol. The fourth-order valence-corrected chi connectivity index (χ4v) is 1.74. The van der Waals surface area contributed by atoms with Crippen molar-refractivity contribution in [2.45, 2.75) is 19.6 Å². The summed E-state index contributed by atoms with van der Waals surface area (Å²) in [4.78, 5) is 44.5. The van der Waals surface area contributed by atoms with E-state index in [1.165, 1.54) is 14.0 Å². The number of carbonyl (C=O) groups is 2. The molecule has 0 aliphatic heterocycles. The Morgan fingerprint density at radius 1 is 1.27 bits per heavy atom. The number of ether oxygens (including phenoxy) is 1. The van der Waals surface area contributed by atoms with Gasteiger partial charge in [-0.2, -0.15) is 5.48 Å². The summed E-state index contributed by atoms with van der Waals surface area (Å²) in [5.41, 5.74) is 3.38. The van der Waals surface area contributed by atoms with E-state index in [1.807, 2.05) is 0 Å². The Morgan fingerprint density at radius 2 is 1.86 bits per heavy atom. The first-order valence-electron chi connectivity index (χ1n) is 6.06. The number of phosphoric acid groups is 1. The zero-order valence-electron chi connectivity index (χ0n) is 11.9. The minimum atomic E-state index is -4.87. The fourth-order valence-electron chi connectivity index (χ4n) is 1.35. The lowest BCUT2D eigenvalue weighted by Crippen LogP contribution is -2.34. The standard InChI is InChI=1S/C12H16NO8P/c1-8(11(14)21-22(16,17)18)13-20-7-9-3-5-10(6-4-9)12(15)19-2/h3-6,8,13H,7H2,1-2H3,(H2,16,17,18)/t8-/m0/s1. The minimum absolute atomic E-state index is 0.0645. The number of carbonyl (C=O) groups excluding carboxylic acids is 2. The summed E-state index contributed by atoms with van der Waals surface area (Å²) in [6.07, 6.45) is 0. The number of esters is 1. The van der Waals surface area contributed by atoms with E-state index in [1.54, 1.807) is 24.3 Å². The zero-order chi connectivity index (χ0) is 16.8. The summed E-state index contributed by atoms with van der Waals surface area (Å²) in [7, 11) is -3.59. The van der Waals surface area contributed by atoms with E-state index in [0.29, 0.717) is 11.1 Å². The molecule has 0 saturated heterocycles. The van der Waals surface area contributed by atoms with Crippen LogP contribution in [0.2, 0.25) is 0 Å². The molecule has 1 aromatic carbocycles. The van der Waals surface area contributed by atoms with E-state index in [-0.39, 0.29) is 6.61 Å². The highest BCUT2D eigenvalue weighted by atomic mass is 31.2. The first kappa shape index (κ1) is 18.3. The molecule has 0 aliphatic carbocycles. The lowest BCUT2D eigenvalue weighted by atomic mass is 10.1.